The van der Waals surface area contributed by atoms with Crippen LogP contribution in [0.4, 0.5) is 0 Å². The van der Waals surface area contributed by atoms with Crippen LogP contribution < -0.4 is 5.73 Å². The van der Waals surface area contributed by atoms with E-state index in [2.05, 4.69) is 42.2 Å². The predicted molar refractivity (Wildman–Crippen MR) is 75.7 cm³/mol. The molecule has 0 amide bonds. The van der Waals surface area contributed by atoms with Crippen LogP contribution in [-0.4, -0.2) is 11.0 Å². The van der Waals surface area contributed by atoms with Gasteiger partial charge in [0.15, 0.2) is 0 Å². The van der Waals surface area contributed by atoms with Crippen LogP contribution in [0, 0.1) is 6.92 Å². The molecule has 1 saturated carbocycles. The van der Waals surface area contributed by atoms with Crippen LogP contribution in [0.3, 0.4) is 0 Å². The van der Waals surface area contributed by atoms with Crippen LogP contribution in [0.25, 0.3) is 10.9 Å². The van der Waals surface area contributed by atoms with Crippen LogP contribution in [0.1, 0.15) is 37.4 Å². The summed E-state index contributed by atoms with van der Waals surface area (Å²) in [4.78, 5) is 4.56. The number of pyridine rings is 1. The second-order valence-electron chi connectivity index (χ2n) is 5.92. The Kier molecular flexibility index (Phi) is 2.63. The van der Waals surface area contributed by atoms with Gasteiger partial charge in [0.1, 0.15) is 0 Å². The third-order valence-corrected chi connectivity index (χ3v) is 4.30. The van der Waals surface area contributed by atoms with E-state index in [0.29, 0.717) is 6.04 Å². The summed E-state index contributed by atoms with van der Waals surface area (Å²) in [6.45, 7) is 4.37. The fourth-order valence-electron chi connectivity index (χ4n) is 3.15. The van der Waals surface area contributed by atoms with E-state index < -0.39 is 0 Å². The number of hydrogen-bond acceptors (Lipinski definition) is 2. The average molecular weight is 240 g/mol. The lowest BCUT2D eigenvalue weighted by Gasteiger charge is -2.24. The average Bonchev–Trinajstić information content (AvgIpc) is 2.70. The van der Waals surface area contributed by atoms with Crippen molar-refractivity contribution >= 4 is 10.9 Å². The van der Waals surface area contributed by atoms with Crippen molar-refractivity contribution in [3.63, 3.8) is 0 Å². The van der Waals surface area contributed by atoms with Crippen molar-refractivity contribution in [1.82, 2.24) is 4.98 Å². The van der Waals surface area contributed by atoms with Gasteiger partial charge in [-0.2, -0.15) is 0 Å². The van der Waals surface area contributed by atoms with E-state index in [1.165, 1.54) is 17.4 Å². The number of fused-ring (bicyclic) bond motifs is 1. The number of aromatic nitrogens is 1. The van der Waals surface area contributed by atoms with Gasteiger partial charge in [0, 0.05) is 17.1 Å². The summed E-state index contributed by atoms with van der Waals surface area (Å²) in [5.74, 6) is 0. The molecule has 1 aromatic carbocycles. The van der Waals surface area contributed by atoms with Crippen LogP contribution in [0.2, 0.25) is 0 Å². The van der Waals surface area contributed by atoms with E-state index >= 15 is 0 Å². The monoisotopic (exact) mass is 240 g/mol. The second-order valence-corrected chi connectivity index (χ2v) is 5.92. The number of rotatable bonds is 1. The smallest absolute Gasteiger partial charge is 0.0705 e. The van der Waals surface area contributed by atoms with Crippen molar-refractivity contribution in [3.8, 4) is 0 Å². The molecule has 1 aromatic heterocycles. The first kappa shape index (κ1) is 11.7. The van der Waals surface area contributed by atoms with Gasteiger partial charge in [-0.3, -0.25) is 4.98 Å². The molecule has 2 unspecified atom stereocenters. The Morgan fingerprint density at radius 3 is 2.83 bits per heavy atom. The van der Waals surface area contributed by atoms with E-state index in [1.54, 1.807) is 0 Å². The molecular weight excluding hydrogens is 220 g/mol. The largest absolute Gasteiger partial charge is 0.328 e. The van der Waals surface area contributed by atoms with Crippen molar-refractivity contribution in [2.45, 2.75) is 44.6 Å². The Hall–Kier alpha value is -1.41. The zero-order valence-corrected chi connectivity index (χ0v) is 11.1. The lowest BCUT2D eigenvalue weighted by atomic mass is 9.80. The molecule has 2 atom stereocenters. The van der Waals surface area contributed by atoms with E-state index in [-0.39, 0.29) is 5.41 Å². The van der Waals surface area contributed by atoms with Gasteiger partial charge in [-0.1, -0.05) is 19.1 Å². The van der Waals surface area contributed by atoms with Gasteiger partial charge in [0.05, 0.1) is 5.52 Å². The van der Waals surface area contributed by atoms with Crippen molar-refractivity contribution in [2.24, 2.45) is 5.73 Å². The molecule has 0 bridgehead atoms. The molecule has 0 radical (unpaired) electrons. The first-order valence-corrected chi connectivity index (χ1v) is 6.70. The van der Waals surface area contributed by atoms with E-state index in [4.69, 9.17) is 5.73 Å². The number of hydrogen-bond donors (Lipinski definition) is 1. The Morgan fingerprint density at radius 2 is 2.11 bits per heavy atom. The highest BCUT2D eigenvalue weighted by Crippen LogP contribution is 2.40. The quantitative estimate of drug-likeness (QED) is 0.830. The summed E-state index contributed by atoms with van der Waals surface area (Å²) < 4.78 is 0. The molecule has 1 aliphatic carbocycles. The molecular formula is C16H20N2. The van der Waals surface area contributed by atoms with E-state index in [9.17, 15) is 0 Å². The van der Waals surface area contributed by atoms with Gasteiger partial charge < -0.3 is 5.73 Å². The highest BCUT2D eigenvalue weighted by atomic mass is 14.7. The molecule has 0 aliphatic heterocycles. The predicted octanol–water partition coefficient (Wildman–Crippen LogP) is 3.31. The fourth-order valence-corrected chi connectivity index (χ4v) is 3.15. The van der Waals surface area contributed by atoms with Gasteiger partial charge in [-0.15, -0.1) is 0 Å². The maximum absolute atomic E-state index is 6.07. The Morgan fingerprint density at radius 1 is 1.28 bits per heavy atom. The van der Waals surface area contributed by atoms with Crippen molar-refractivity contribution in [1.29, 1.82) is 0 Å². The summed E-state index contributed by atoms with van der Waals surface area (Å²) in [6, 6.07) is 11.3. The maximum atomic E-state index is 6.07. The molecule has 18 heavy (non-hydrogen) atoms. The Bertz CT molecular complexity index is 591. The molecule has 1 fully saturated rings. The van der Waals surface area contributed by atoms with Gasteiger partial charge in [-0.05, 0) is 55.4 Å². The van der Waals surface area contributed by atoms with Gasteiger partial charge in [-0.25, -0.2) is 0 Å². The minimum atomic E-state index is 0.249. The summed E-state index contributed by atoms with van der Waals surface area (Å²) in [7, 11) is 0. The molecule has 0 saturated heterocycles. The van der Waals surface area contributed by atoms with Crippen molar-refractivity contribution in [3.05, 3.63) is 41.6 Å². The molecule has 3 rings (SSSR count). The molecule has 2 N–H and O–H groups in total. The van der Waals surface area contributed by atoms with E-state index in [0.717, 1.165) is 24.1 Å². The van der Waals surface area contributed by atoms with Gasteiger partial charge in [0.25, 0.3) is 0 Å². The standard InChI is InChI=1S/C16H20N2/c1-11-3-4-12-9-13(5-6-15(12)18-11)16(2)8-7-14(17)10-16/h3-6,9,14H,7-8,10,17H2,1-2H3. The third-order valence-electron chi connectivity index (χ3n) is 4.30. The lowest BCUT2D eigenvalue weighted by Crippen LogP contribution is -2.22. The normalized spacial score (nSPS) is 27.8. The Balaban J connectivity index is 2.06. The maximum Gasteiger partial charge on any atom is 0.0705 e. The second kappa shape index (κ2) is 4.06. The number of nitrogens with two attached hydrogens (primary N) is 1. The summed E-state index contributed by atoms with van der Waals surface area (Å²) in [5, 5.41) is 1.24. The SMILES string of the molecule is Cc1ccc2cc(C3(C)CCC(N)C3)ccc2n1. The molecule has 2 nitrogen and oxygen atoms in total. The zero-order chi connectivity index (χ0) is 12.8. The topological polar surface area (TPSA) is 38.9 Å². The van der Waals surface area contributed by atoms with E-state index in [1.807, 2.05) is 6.92 Å². The number of nitrogens with zero attached hydrogens (tertiary/aromatic N) is 1. The minimum absolute atomic E-state index is 0.249. The van der Waals surface area contributed by atoms with Crippen LogP contribution in [0.5, 0.6) is 0 Å². The first-order chi connectivity index (χ1) is 8.57. The Labute approximate surface area is 108 Å². The van der Waals surface area contributed by atoms with Gasteiger partial charge in [0.2, 0.25) is 0 Å². The summed E-state index contributed by atoms with van der Waals surface area (Å²) in [6.07, 6.45) is 3.43. The summed E-state index contributed by atoms with van der Waals surface area (Å²) in [5.41, 5.74) is 9.89. The molecule has 2 aromatic rings. The van der Waals surface area contributed by atoms with Crippen molar-refractivity contribution < 1.29 is 0 Å². The zero-order valence-electron chi connectivity index (χ0n) is 11.1. The molecule has 94 valence electrons. The molecule has 1 heterocycles. The summed E-state index contributed by atoms with van der Waals surface area (Å²) >= 11 is 0. The number of benzene rings is 1. The van der Waals surface area contributed by atoms with Crippen LogP contribution in [0.15, 0.2) is 30.3 Å². The van der Waals surface area contributed by atoms with Crippen LogP contribution in [-0.2, 0) is 5.41 Å². The van der Waals surface area contributed by atoms with Crippen LogP contribution >= 0.6 is 0 Å². The van der Waals surface area contributed by atoms with Gasteiger partial charge >= 0.3 is 0 Å². The minimum Gasteiger partial charge on any atom is -0.328 e. The highest BCUT2D eigenvalue weighted by molar-refractivity contribution is 5.79. The lowest BCUT2D eigenvalue weighted by molar-refractivity contribution is 0.483. The number of aryl methyl sites for hydroxylation is 1. The van der Waals surface area contributed by atoms with Crippen molar-refractivity contribution in [2.75, 3.05) is 0 Å². The molecule has 2 heteroatoms. The fraction of sp³-hybridized carbons (Fsp3) is 0.438. The first-order valence-electron chi connectivity index (χ1n) is 6.70. The highest BCUT2D eigenvalue weighted by Gasteiger charge is 2.34. The third kappa shape index (κ3) is 1.91. The molecule has 1 aliphatic rings. The molecule has 0 spiro atoms.